The molecule has 0 aliphatic carbocycles. The first-order valence-corrected chi connectivity index (χ1v) is 6.83. The smallest absolute Gasteiger partial charge is 0.0150 e. The molecule has 86 valence electrons. The second-order valence-electron chi connectivity index (χ2n) is 3.72. The molecule has 0 atom stereocenters. The Morgan fingerprint density at radius 1 is 0.941 bits per heavy atom. The lowest BCUT2D eigenvalue weighted by atomic mass is 10.1. The molecule has 0 heterocycles. The minimum absolute atomic E-state index is 1.09. The van der Waals surface area contributed by atoms with Crippen LogP contribution in [-0.2, 0) is 0 Å². The van der Waals surface area contributed by atoms with Crippen LogP contribution in [0.3, 0.4) is 0 Å². The van der Waals surface area contributed by atoms with Crippen molar-refractivity contribution in [3.63, 3.8) is 0 Å². The standard InChI is InChI=1S/C16H16S/c1-2-17-16(15-11-7-4-8-12-15)13-14-9-5-3-6-10-14/h3-13H,2H2,1H3/b16-13-. The fourth-order valence-corrected chi connectivity index (χ4v) is 2.50. The maximum absolute atomic E-state index is 2.25. The van der Waals surface area contributed by atoms with E-state index in [1.54, 1.807) is 0 Å². The third-order valence-electron chi connectivity index (χ3n) is 2.46. The van der Waals surface area contributed by atoms with Crippen molar-refractivity contribution in [1.29, 1.82) is 0 Å². The average molecular weight is 240 g/mol. The Hall–Kier alpha value is -1.47. The molecule has 0 saturated heterocycles. The SMILES string of the molecule is CCS/C(=C\c1ccccc1)c1ccccc1. The second-order valence-corrected chi connectivity index (χ2v) is 5.02. The first-order valence-electron chi connectivity index (χ1n) is 5.85. The van der Waals surface area contributed by atoms with Gasteiger partial charge in [0.05, 0.1) is 0 Å². The van der Waals surface area contributed by atoms with Gasteiger partial charge in [0, 0.05) is 4.91 Å². The predicted molar refractivity (Wildman–Crippen MR) is 78.9 cm³/mol. The first-order chi connectivity index (χ1) is 8.40. The Bertz CT molecular complexity index is 471. The highest BCUT2D eigenvalue weighted by Gasteiger charge is 2.00. The molecule has 0 aromatic heterocycles. The van der Waals surface area contributed by atoms with Gasteiger partial charge in [-0.3, -0.25) is 0 Å². The molecule has 0 radical (unpaired) electrons. The second kappa shape index (κ2) is 6.31. The van der Waals surface area contributed by atoms with Gasteiger partial charge in [0.1, 0.15) is 0 Å². The van der Waals surface area contributed by atoms with E-state index in [9.17, 15) is 0 Å². The Balaban J connectivity index is 2.33. The molecule has 2 aromatic carbocycles. The Morgan fingerprint density at radius 2 is 1.53 bits per heavy atom. The molecule has 2 aromatic rings. The summed E-state index contributed by atoms with van der Waals surface area (Å²) in [7, 11) is 0. The minimum Gasteiger partial charge on any atom is -0.126 e. The van der Waals surface area contributed by atoms with Gasteiger partial charge in [0.2, 0.25) is 0 Å². The maximum Gasteiger partial charge on any atom is 0.0150 e. The molecule has 0 spiro atoms. The molecule has 0 unspecified atom stereocenters. The Kier molecular flexibility index (Phi) is 4.45. The lowest BCUT2D eigenvalue weighted by Gasteiger charge is -2.06. The van der Waals surface area contributed by atoms with Gasteiger partial charge >= 0.3 is 0 Å². The average Bonchev–Trinajstić information content (AvgIpc) is 2.40. The molecule has 0 N–H and O–H groups in total. The number of hydrogen-bond acceptors (Lipinski definition) is 1. The van der Waals surface area contributed by atoms with Crippen molar-refractivity contribution in [1.82, 2.24) is 0 Å². The van der Waals surface area contributed by atoms with Gasteiger partial charge in [0.15, 0.2) is 0 Å². The third-order valence-corrected chi connectivity index (χ3v) is 3.41. The molecule has 0 saturated carbocycles. The van der Waals surface area contributed by atoms with Gasteiger partial charge in [-0.05, 0) is 23.0 Å². The van der Waals surface area contributed by atoms with Crippen molar-refractivity contribution in [2.75, 3.05) is 5.75 Å². The molecule has 0 aliphatic rings. The van der Waals surface area contributed by atoms with Crippen molar-refractivity contribution in [2.45, 2.75) is 6.92 Å². The third kappa shape index (κ3) is 3.50. The van der Waals surface area contributed by atoms with E-state index in [4.69, 9.17) is 0 Å². The summed E-state index contributed by atoms with van der Waals surface area (Å²) < 4.78 is 0. The van der Waals surface area contributed by atoms with Crippen LogP contribution in [0.1, 0.15) is 18.1 Å². The van der Waals surface area contributed by atoms with Gasteiger partial charge < -0.3 is 0 Å². The van der Waals surface area contributed by atoms with Gasteiger partial charge in [-0.1, -0.05) is 67.6 Å². The van der Waals surface area contributed by atoms with Crippen LogP contribution in [0.25, 0.3) is 11.0 Å². The molecular weight excluding hydrogens is 224 g/mol. The molecule has 0 amide bonds. The van der Waals surface area contributed by atoms with E-state index in [1.807, 2.05) is 17.8 Å². The summed E-state index contributed by atoms with van der Waals surface area (Å²) >= 11 is 1.89. The topological polar surface area (TPSA) is 0 Å². The van der Waals surface area contributed by atoms with Crippen LogP contribution in [0.5, 0.6) is 0 Å². The highest BCUT2D eigenvalue weighted by atomic mass is 32.2. The van der Waals surface area contributed by atoms with Crippen LogP contribution < -0.4 is 0 Å². The van der Waals surface area contributed by atoms with Crippen molar-refractivity contribution in [3.8, 4) is 0 Å². The zero-order valence-corrected chi connectivity index (χ0v) is 10.8. The number of benzene rings is 2. The Labute approximate surface area is 107 Å². The lowest BCUT2D eigenvalue weighted by molar-refractivity contribution is 1.53. The van der Waals surface area contributed by atoms with Crippen LogP contribution in [-0.4, -0.2) is 5.75 Å². The lowest BCUT2D eigenvalue weighted by Crippen LogP contribution is -1.81. The minimum atomic E-state index is 1.09. The normalized spacial score (nSPS) is 11.5. The molecule has 17 heavy (non-hydrogen) atoms. The van der Waals surface area contributed by atoms with E-state index < -0.39 is 0 Å². The van der Waals surface area contributed by atoms with Gasteiger partial charge in [0.25, 0.3) is 0 Å². The van der Waals surface area contributed by atoms with Crippen LogP contribution in [0.2, 0.25) is 0 Å². The quantitative estimate of drug-likeness (QED) is 0.682. The van der Waals surface area contributed by atoms with E-state index in [1.165, 1.54) is 16.0 Å². The molecule has 0 fully saturated rings. The summed E-state index contributed by atoms with van der Waals surface area (Å²) in [6.45, 7) is 2.19. The van der Waals surface area contributed by atoms with Crippen LogP contribution >= 0.6 is 11.8 Å². The van der Waals surface area contributed by atoms with Gasteiger partial charge in [-0.25, -0.2) is 0 Å². The van der Waals surface area contributed by atoms with Crippen molar-refractivity contribution in [2.24, 2.45) is 0 Å². The van der Waals surface area contributed by atoms with Crippen LogP contribution in [0.15, 0.2) is 60.7 Å². The molecular formula is C16H16S. The largest absolute Gasteiger partial charge is 0.126 e. The van der Waals surface area contributed by atoms with E-state index in [2.05, 4.69) is 67.6 Å². The van der Waals surface area contributed by atoms with Gasteiger partial charge in [-0.15, -0.1) is 11.8 Å². The number of thioether (sulfide) groups is 1. The molecule has 0 nitrogen and oxygen atoms in total. The summed E-state index contributed by atoms with van der Waals surface area (Å²) in [5.74, 6) is 1.09. The maximum atomic E-state index is 2.25. The van der Waals surface area contributed by atoms with Crippen molar-refractivity contribution in [3.05, 3.63) is 71.8 Å². The molecule has 1 heteroatoms. The fraction of sp³-hybridized carbons (Fsp3) is 0.125. The van der Waals surface area contributed by atoms with E-state index in [0.29, 0.717) is 0 Å². The molecule has 0 aliphatic heterocycles. The fourth-order valence-electron chi connectivity index (χ4n) is 1.67. The summed E-state index contributed by atoms with van der Waals surface area (Å²) in [4.78, 5) is 1.33. The van der Waals surface area contributed by atoms with Gasteiger partial charge in [-0.2, -0.15) is 0 Å². The highest BCUT2D eigenvalue weighted by Crippen LogP contribution is 2.29. The zero-order chi connectivity index (χ0) is 11.9. The number of hydrogen-bond donors (Lipinski definition) is 0. The first kappa shape index (κ1) is 12.0. The zero-order valence-electron chi connectivity index (χ0n) is 9.97. The van der Waals surface area contributed by atoms with E-state index in [-0.39, 0.29) is 0 Å². The molecule has 2 rings (SSSR count). The van der Waals surface area contributed by atoms with E-state index >= 15 is 0 Å². The Morgan fingerprint density at radius 3 is 2.12 bits per heavy atom. The molecule has 0 bridgehead atoms. The van der Waals surface area contributed by atoms with Crippen LogP contribution in [0, 0.1) is 0 Å². The van der Waals surface area contributed by atoms with Crippen molar-refractivity contribution >= 4 is 22.7 Å². The van der Waals surface area contributed by atoms with Crippen LogP contribution in [0.4, 0.5) is 0 Å². The number of rotatable bonds is 4. The summed E-state index contributed by atoms with van der Waals surface area (Å²) in [5.41, 5.74) is 2.55. The highest BCUT2D eigenvalue weighted by molar-refractivity contribution is 8.08. The van der Waals surface area contributed by atoms with Crippen molar-refractivity contribution < 1.29 is 0 Å². The summed E-state index contributed by atoms with van der Waals surface area (Å²) in [6, 6.07) is 21.0. The summed E-state index contributed by atoms with van der Waals surface area (Å²) in [5, 5.41) is 0. The summed E-state index contributed by atoms with van der Waals surface area (Å²) in [6.07, 6.45) is 2.25. The predicted octanol–water partition coefficient (Wildman–Crippen LogP) is 4.94. The van der Waals surface area contributed by atoms with E-state index in [0.717, 1.165) is 5.75 Å². The monoisotopic (exact) mass is 240 g/mol.